The van der Waals surface area contributed by atoms with Crippen molar-refractivity contribution in [1.82, 2.24) is 18.1 Å². The lowest BCUT2D eigenvalue weighted by Crippen LogP contribution is -1.96. The van der Waals surface area contributed by atoms with Crippen LogP contribution in [0.15, 0.2) is 340 Å². The Kier molecular flexibility index (Phi) is 11.4. The van der Waals surface area contributed by atoms with Gasteiger partial charge in [-0.3, -0.25) is 0 Å². The SMILES string of the molecule is c1ccc(-n2c3ccccc3c3cc(-c4ccc5c(c4)c4ccccc4n5-c4ccc5c(c4)c4ccccc4n5-c4ccc(-c5ccccc5-c5ccc(-c6cccc(-c7cccc(-c8cc9c%10ccccc%10n%10c%11ccccc%11c(c8)c9%10)c7)c6)cc5)cc4)ccc32)cc1. The van der Waals surface area contributed by atoms with E-state index in [1.54, 1.807) is 0 Å². The highest BCUT2D eigenvalue weighted by molar-refractivity contribution is 6.24. The third-order valence-corrected chi connectivity index (χ3v) is 20.1. The number of hydrogen-bond acceptors (Lipinski definition) is 0. The number of aromatic nitrogens is 4. The topological polar surface area (TPSA) is 19.2 Å². The Bertz CT molecular complexity index is 6370. The first kappa shape index (κ1) is 52.3. The lowest BCUT2D eigenvalue weighted by molar-refractivity contribution is 1.17. The molecule has 5 heterocycles. The molecule has 0 aliphatic rings. The molecule has 436 valence electrons. The summed E-state index contributed by atoms with van der Waals surface area (Å²) in [5.41, 5.74) is 28.7. The van der Waals surface area contributed by atoms with E-state index in [9.17, 15) is 0 Å². The molecular weight excluding hydrogens is 1140 g/mol. The zero-order valence-corrected chi connectivity index (χ0v) is 51.1. The highest BCUT2D eigenvalue weighted by Gasteiger charge is 2.22. The molecule has 0 radical (unpaired) electrons. The van der Waals surface area contributed by atoms with Gasteiger partial charge >= 0.3 is 0 Å². The molecule has 0 atom stereocenters. The summed E-state index contributed by atoms with van der Waals surface area (Å²) in [5, 5.41) is 12.6. The fourth-order valence-electron chi connectivity index (χ4n) is 15.8. The van der Waals surface area contributed by atoms with Crippen LogP contribution < -0.4 is 0 Å². The molecular formula is C90H56N4. The third-order valence-electron chi connectivity index (χ3n) is 20.1. The molecule has 0 amide bonds. The summed E-state index contributed by atoms with van der Waals surface area (Å²) in [7, 11) is 0. The summed E-state index contributed by atoms with van der Waals surface area (Å²) in [4.78, 5) is 0. The number of fused-ring (bicyclic) bond motifs is 15. The predicted octanol–water partition coefficient (Wildman–Crippen LogP) is 24.1. The van der Waals surface area contributed by atoms with Crippen molar-refractivity contribution >= 4 is 104 Å². The van der Waals surface area contributed by atoms with Gasteiger partial charge in [0.05, 0.1) is 49.7 Å². The van der Waals surface area contributed by atoms with E-state index in [0.717, 1.165) is 11.4 Å². The van der Waals surface area contributed by atoms with Gasteiger partial charge in [0, 0.05) is 70.9 Å². The number of rotatable bonds is 9. The fourth-order valence-corrected chi connectivity index (χ4v) is 15.8. The summed E-state index contributed by atoms with van der Waals surface area (Å²) in [6, 6.07) is 126. The molecule has 0 N–H and O–H groups in total. The van der Waals surface area contributed by atoms with Gasteiger partial charge in [-0.25, -0.2) is 0 Å². The maximum atomic E-state index is 2.45. The normalized spacial score (nSPS) is 12.0. The van der Waals surface area contributed by atoms with E-state index < -0.39 is 0 Å². The van der Waals surface area contributed by atoms with E-state index in [0.29, 0.717) is 0 Å². The standard InChI is InChI=1S/C90H56N4/c1-2-22-67(23-3-1)91-82-31-11-6-26-72(82)77-52-64(42-47-87(77)91)65-43-48-88-78(53-65)73-27-7-13-33-84(73)93(88)69-46-49-89-79(56-69)74-28-8-12-32-83(74)92(89)68-44-40-59(41-45-68)71-25-5-4-24-70(71)58-38-36-57(37-39-58)60-18-16-19-61(50-60)62-20-17-21-63(51-62)66-54-80-75-29-9-14-34-85(75)94-86-35-15-10-30-76(86)81(55-66)90(80)94/h1-56H. The summed E-state index contributed by atoms with van der Waals surface area (Å²) >= 11 is 0. The molecule has 20 rings (SSSR count). The minimum absolute atomic E-state index is 1.12. The van der Waals surface area contributed by atoms with E-state index in [1.165, 1.54) is 176 Å². The van der Waals surface area contributed by atoms with Crippen LogP contribution in [0.25, 0.3) is 187 Å². The lowest BCUT2D eigenvalue weighted by atomic mass is 9.92. The van der Waals surface area contributed by atoms with Crippen LogP contribution in [-0.4, -0.2) is 18.1 Å². The van der Waals surface area contributed by atoms with Gasteiger partial charge in [-0.2, -0.15) is 0 Å². The van der Waals surface area contributed by atoms with Crippen molar-refractivity contribution in [3.8, 4) is 83.8 Å². The fraction of sp³-hybridized carbons (Fsp3) is 0. The van der Waals surface area contributed by atoms with Crippen LogP contribution in [0.2, 0.25) is 0 Å². The second-order valence-corrected chi connectivity index (χ2v) is 25.2. The highest BCUT2D eigenvalue weighted by atomic mass is 15.0. The number of hydrogen-bond donors (Lipinski definition) is 0. The zero-order chi connectivity index (χ0) is 61.5. The Hall–Kier alpha value is -12.5. The van der Waals surface area contributed by atoms with Gasteiger partial charge < -0.3 is 18.1 Å². The van der Waals surface area contributed by atoms with E-state index in [4.69, 9.17) is 0 Å². The van der Waals surface area contributed by atoms with Gasteiger partial charge in [0.15, 0.2) is 0 Å². The van der Waals surface area contributed by atoms with Crippen molar-refractivity contribution in [1.29, 1.82) is 0 Å². The second-order valence-electron chi connectivity index (χ2n) is 25.2. The van der Waals surface area contributed by atoms with Crippen LogP contribution in [0.4, 0.5) is 0 Å². The second kappa shape index (κ2) is 20.5. The monoisotopic (exact) mass is 1190 g/mol. The van der Waals surface area contributed by atoms with Gasteiger partial charge in [0.25, 0.3) is 0 Å². The number of benzene rings is 15. The summed E-state index contributed by atoms with van der Waals surface area (Å²) in [6.45, 7) is 0. The molecule has 0 aliphatic heterocycles. The minimum Gasteiger partial charge on any atom is -0.309 e. The maximum Gasteiger partial charge on any atom is 0.0620 e. The van der Waals surface area contributed by atoms with Crippen molar-refractivity contribution in [3.05, 3.63) is 340 Å². The molecule has 0 saturated heterocycles. The van der Waals surface area contributed by atoms with Gasteiger partial charge in [0.2, 0.25) is 0 Å². The molecule has 0 unspecified atom stereocenters. The van der Waals surface area contributed by atoms with Crippen LogP contribution in [0.1, 0.15) is 0 Å². The lowest BCUT2D eigenvalue weighted by Gasteiger charge is -2.13. The van der Waals surface area contributed by atoms with Crippen LogP contribution >= 0.6 is 0 Å². The number of nitrogens with zero attached hydrogens (tertiary/aromatic N) is 4. The Morgan fingerprint density at radius 2 is 0.457 bits per heavy atom. The van der Waals surface area contributed by atoms with Crippen molar-refractivity contribution in [3.63, 3.8) is 0 Å². The highest BCUT2D eigenvalue weighted by Crippen LogP contribution is 2.45. The van der Waals surface area contributed by atoms with Gasteiger partial charge in [-0.05, 0) is 188 Å². The van der Waals surface area contributed by atoms with Crippen molar-refractivity contribution in [2.45, 2.75) is 0 Å². The smallest absolute Gasteiger partial charge is 0.0620 e. The van der Waals surface area contributed by atoms with Crippen LogP contribution in [0, 0.1) is 0 Å². The third kappa shape index (κ3) is 7.93. The first-order valence-corrected chi connectivity index (χ1v) is 32.5. The molecule has 0 spiro atoms. The van der Waals surface area contributed by atoms with E-state index in [-0.39, 0.29) is 0 Å². The minimum atomic E-state index is 1.12. The van der Waals surface area contributed by atoms with Gasteiger partial charge in [0.1, 0.15) is 0 Å². The van der Waals surface area contributed by atoms with Gasteiger partial charge in [-0.1, -0.05) is 218 Å². The Morgan fingerprint density at radius 3 is 0.957 bits per heavy atom. The Morgan fingerprint density at radius 1 is 0.149 bits per heavy atom. The first-order chi connectivity index (χ1) is 46.6. The van der Waals surface area contributed by atoms with Crippen LogP contribution in [0.3, 0.4) is 0 Å². The average molecular weight is 1190 g/mol. The molecule has 0 saturated carbocycles. The van der Waals surface area contributed by atoms with E-state index in [2.05, 4.69) is 358 Å². The molecule has 0 aliphatic carbocycles. The zero-order valence-electron chi connectivity index (χ0n) is 51.1. The molecule has 0 bridgehead atoms. The Labute approximate surface area is 541 Å². The largest absolute Gasteiger partial charge is 0.309 e. The quantitative estimate of drug-likeness (QED) is 0.137. The molecule has 0 fully saturated rings. The maximum absolute atomic E-state index is 2.45. The molecule has 4 heteroatoms. The van der Waals surface area contributed by atoms with Crippen molar-refractivity contribution in [2.24, 2.45) is 0 Å². The molecule has 5 aromatic heterocycles. The van der Waals surface area contributed by atoms with Crippen molar-refractivity contribution < 1.29 is 0 Å². The molecule has 15 aromatic carbocycles. The van der Waals surface area contributed by atoms with Gasteiger partial charge in [-0.15, -0.1) is 0 Å². The van der Waals surface area contributed by atoms with E-state index in [1.807, 2.05) is 0 Å². The summed E-state index contributed by atoms with van der Waals surface area (Å²) < 4.78 is 9.70. The predicted molar refractivity (Wildman–Crippen MR) is 397 cm³/mol. The first-order valence-electron chi connectivity index (χ1n) is 32.5. The number of para-hydroxylation sites is 6. The molecule has 94 heavy (non-hydrogen) atoms. The average Bonchev–Trinajstić information content (AvgIpc) is 1.55. The Balaban J connectivity index is 0.599. The van der Waals surface area contributed by atoms with Crippen LogP contribution in [-0.2, 0) is 0 Å². The van der Waals surface area contributed by atoms with E-state index >= 15 is 0 Å². The summed E-state index contributed by atoms with van der Waals surface area (Å²) in [5.74, 6) is 0. The summed E-state index contributed by atoms with van der Waals surface area (Å²) in [6.07, 6.45) is 0. The molecule has 20 aromatic rings. The molecule has 4 nitrogen and oxygen atoms in total. The van der Waals surface area contributed by atoms with Crippen LogP contribution in [0.5, 0.6) is 0 Å². The van der Waals surface area contributed by atoms with Crippen molar-refractivity contribution in [2.75, 3.05) is 0 Å².